The molecule has 2 rings (SSSR count). The van der Waals surface area contributed by atoms with Crippen LogP contribution in [0, 0.1) is 11.6 Å². The molecule has 1 aromatic heterocycles. The Labute approximate surface area is 137 Å². The Morgan fingerprint density at radius 2 is 1.95 bits per heavy atom. The second-order valence-corrected chi connectivity index (χ2v) is 5.10. The molecule has 0 spiro atoms. The lowest BCUT2D eigenvalue weighted by Gasteiger charge is -2.03. The molecule has 0 aliphatic rings. The summed E-state index contributed by atoms with van der Waals surface area (Å²) < 4.78 is 27.3. The maximum absolute atomic E-state index is 13.7. The summed E-state index contributed by atoms with van der Waals surface area (Å²) in [6, 6.07) is 3.61. The zero-order chi connectivity index (χ0) is 15.2. The molecular formula is C14H16ClF2N3OS. The highest BCUT2D eigenvalue weighted by Gasteiger charge is 2.17. The smallest absolute Gasteiger partial charge is 0.270 e. The summed E-state index contributed by atoms with van der Waals surface area (Å²) in [4.78, 5) is 15.8. The Balaban J connectivity index is 0.00000242. The molecule has 120 valence electrons. The molecule has 2 aromatic rings. The van der Waals surface area contributed by atoms with Crippen LogP contribution >= 0.6 is 23.7 Å². The molecule has 1 amide bonds. The van der Waals surface area contributed by atoms with Crippen LogP contribution in [0.1, 0.15) is 17.4 Å². The molecule has 1 aromatic carbocycles. The summed E-state index contributed by atoms with van der Waals surface area (Å²) in [7, 11) is 0. The number of thiazole rings is 1. The molecule has 2 N–H and O–H groups in total. The third-order valence-corrected chi connectivity index (χ3v) is 3.61. The average molecular weight is 348 g/mol. The van der Waals surface area contributed by atoms with Gasteiger partial charge in [0.2, 0.25) is 0 Å². The van der Waals surface area contributed by atoms with Gasteiger partial charge in [0, 0.05) is 18.5 Å². The minimum absolute atomic E-state index is 0. The second kappa shape index (κ2) is 8.77. The number of hydrogen-bond acceptors (Lipinski definition) is 4. The van der Waals surface area contributed by atoms with Gasteiger partial charge in [0.1, 0.15) is 22.3 Å². The van der Waals surface area contributed by atoms with Gasteiger partial charge in [0.15, 0.2) is 0 Å². The van der Waals surface area contributed by atoms with Crippen LogP contribution in [0.4, 0.5) is 8.78 Å². The maximum Gasteiger partial charge on any atom is 0.270 e. The molecule has 0 atom stereocenters. The molecule has 0 radical (unpaired) electrons. The van der Waals surface area contributed by atoms with E-state index < -0.39 is 11.6 Å². The fourth-order valence-corrected chi connectivity index (χ4v) is 2.57. The monoisotopic (exact) mass is 347 g/mol. The van der Waals surface area contributed by atoms with E-state index in [9.17, 15) is 13.6 Å². The highest BCUT2D eigenvalue weighted by molar-refractivity contribution is 7.13. The van der Waals surface area contributed by atoms with Crippen LogP contribution in [0.25, 0.3) is 10.6 Å². The van der Waals surface area contributed by atoms with E-state index in [1.165, 1.54) is 11.4 Å². The molecule has 0 saturated heterocycles. The number of halogens is 3. The normalized spacial score (nSPS) is 10.1. The molecule has 0 fully saturated rings. The van der Waals surface area contributed by atoms with Crippen molar-refractivity contribution in [2.45, 2.75) is 6.92 Å². The fourth-order valence-electron chi connectivity index (χ4n) is 1.73. The number of carbonyl (C=O) groups excluding carboxylic acids is 1. The van der Waals surface area contributed by atoms with Gasteiger partial charge >= 0.3 is 0 Å². The van der Waals surface area contributed by atoms with Crippen LogP contribution < -0.4 is 10.6 Å². The molecule has 0 saturated carbocycles. The molecule has 1 heterocycles. The Hall–Kier alpha value is -1.57. The van der Waals surface area contributed by atoms with Crippen LogP contribution in [0.5, 0.6) is 0 Å². The molecule has 4 nitrogen and oxygen atoms in total. The Bertz CT molecular complexity index is 616. The third-order valence-electron chi connectivity index (χ3n) is 2.75. The van der Waals surface area contributed by atoms with Crippen molar-refractivity contribution >= 4 is 29.7 Å². The SMILES string of the molecule is CCNCCNC(=O)c1csc(-c2c(F)cccc2F)n1.Cl. The summed E-state index contributed by atoms with van der Waals surface area (Å²) in [6.07, 6.45) is 0. The Morgan fingerprint density at radius 3 is 2.59 bits per heavy atom. The van der Waals surface area contributed by atoms with Gasteiger partial charge in [-0.1, -0.05) is 13.0 Å². The maximum atomic E-state index is 13.7. The van der Waals surface area contributed by atoms with E-state index in [0.717, 1.165) is 30.0 Å². The molecule has 8 heteroatoms. The number of aromatic nitrogens is 1. The quantitative estimate of drug-likeness (QED) is 0.790. The summed E-state index contributed by atoms with van der Waals surface area (Å²) in [5, 5.41) is 7.40. The van der Waals surface area contributed by atoms with Gasteiger partial charge < -0.3 is 10.6 Å². The van der Waals surface area contributed by atoms with Gasteiger partial charge in [-0.15, -0.1) is 23.7 Å². The highest BCUT2D eigenvalue weighted by Crippen LogP contribution is 2.28. The van der Waals surface area contributed by atoms with Crippen LogP contribution in [-0.4, -0.2) is 30.5 Å². The first-order valence-corrected chi connectivity index (χ1v) is 7.40. The second-order valence-electron chi connectivity index (χ2n) is 4.24. The first-order valence-electron chi connectivity index (χ1n) is 6.52. The van der Waals surface area contributed by atoms with Crippen molar-refractivity contribution < 1.29 is 13.6 Å². The standard InChI is InChI=1S/C14H15F2N3OS.ClH/c1-2-17-6-7-18-13(20)11-8-21-14(19-11)12-9(15)4-3-5-10(12)16;/h3-5,8,17H,2,6-7H2,1H3,(H,18,20);1H. The number of likely N-dealkylation sites (N-methyl/N-ethyl adjacent to an activating group) is 1. The number of nitrogens with zero attached hydrogens (tertiary/aromatic N) is 1. The number of benzene rings is 1. The van der Waals surface area contributed by atoms with Crippen molar-refractivity contribution in [1.82, 2.24) is 15.6 Å². The zero-order valence-corrected chi connectivity index (χ0v) is 13.5. The number of nitrogens with one attached hydrogen (secondary N) is 2. The lowest BCUT2D eigenvalue weighted by atomic mass is 10.2. The fraction of sp³-hybridized carbons (Fsp3) is 0.286. The number of carbonyl (C=O) groups is 1. The third kappa shape index (κ3) is 4.46. The van der Waals surface area contributed by atoms with Crippen molar-refractivity contribution in [3.05, 3.63) is 40.9 Å². The lowest BCUT2D eigenvalue weighted by Crippen LogP contribution is -2.31. The van der Waals surface area contributed by atoms with Crippen LogP contribution in [-0.2, 0) is 0 Å². The minimum atomic E-state index is -0.691. The number of hydrogen-bond donors (Lipinski definition) is 2. The number of amides is 1. The summed E-state index contributed by atoms with van der Waals surface area (Å²) in [6.45, 7) is 3.91. The van der Waals surface area contributed by atoms with Gasteiger partial charge in [-0.25, -0.2) is 13.8 Å². The molecule has 0 aliphatic heterocycles. The van der Waals surface area contributed by atoms with Crippen molar-refractivity contribution in [3.63, 3.8) is 0 Å². The Morgan fingerprint density at radius 1 is 1.27 bits per heavy atom. The van der Waals surface area contributed by atoms with Gasteiger partial charge in [-0.05, 0) is 18.7 Å². The van der Waals surface area contributed by atoms with E-state index in [1.807, 2.05) is 6.92 Å². The van der Waals surface area contributed by atoms with Gasteiger partial charge in [0.25, 0.3) is 5.91 Å². The van der Waals surface area contributed by atoms with E-state index in [1.54, 1.807) is 0 Å². The van der Waals surface area contributed by atoms with Crippen LogP contribution in [0.15, 0.2) is 23.6 Å². The first-order chi connectivity index (χ1) is 10.1. The van der Waals surface area contributed by atoms with Crippen molar-refractivity contribution in [2.24, 2.45) is 0 Å². The number of rotatable bonds is 6. The predicted octanol–water partition coefficient (Wildman–Crippen LogP) is 2.85. The summed E-state index contributed by atoms with van der Waals surface area (Å²) in [5.74, 6) is -1.74. The molecular weight excluding hydrogens is 332 g/mol. The summed E-state index contributed by atoms with van der Waals surface area (Å²) in [5.41, 5.74) is -0.0386. The van der Waals surface area contributed by atoms with E-state index in [2.05, 4.69) is 15.6 Å². The first kappa shape index (κ1) is 18.5. The van der Waals surface area contributed by atoms with Crippen molar-refractivity contribution in [3.8, 4) is 10.6 Å². The van der Waals surface area contributed by atoms with E-state index in [0.29, 0.717) is 13.1 Å². The predicted molar refractivity (Wildman–Crippen MR) is 85.6 cm³/mol. The summed E-state index contributed by atoms with van der Waals surface area (Å²) >= 11 is 1.04. The molecule has 0 bridgehead atoms. The van der Waals surface area contributed by atoms with Crippen molar-refractivity contribution in [1.29, 1.82) is 0 Å². The molecule has 22 heavy (non-hydrogen) atoms. The van der Waals surface area contributed by atoms with E-state index >= 15 is 0 Å². The van der Waals surface area contributed by atoms with E-state index in [4.69, 9.17) is 0 Å². The van der Waals surface area contributed by atoms with Gasteiger partial charge in [0.05, 0.1) is 5.56 Å². The largest absolute Gasteiger partial charge is 0.349 e. The van der Waals surface area contributed by atoms with Gasteiger partial charge in [-0.2, -0.15) is 0 Å². The topological polar surface area (TPSA) is 54.0 Å². The highest BCUT2D eigenvalue weighted by atomic mass is 35.5. The average Bonchev–Trinajstić information content (AvgIpc) is 2.93. The molecule has 0 aliphatic carbocycles. The van der Waals surface area contributed by atoms with E-state index in [-0.39, 0.29) is 34.6 Å². The lowest BCUT2D eigenvalue weighted by molar-refractivity contribution is 0.0949. The van der Waals surface area contributed by atoms with Crippen LogP contribution in [0.3, 0.4) is 0 Å². The minimum Gasteiger partial charge on any atom is -0.349 e. The van der Waals surface area contributed by atoms with Crippen LogP contribution in [0.2, 0.25) is 0 Å². The van der Waals surface area contributed by atoms with Crippen molar-refractivity contribution in [2.75, 3.05) is 19.6 Å². The van der Waals surface area contributed by atoms with Gasteiger partial charge in [-0.3, -0.25) is 4.79 Å². The Kier molecular flexibility index (Phi) is 7.37. The zero-order valence-electron chi connectivity index (χ0n) is 11.9. The molecule has 0 unspecified atom stereocenters.